The molecule has 0 aliphatic carbocycles. The number of hydrogen-bond acceptors (Lipinski definition) is 5. The molecule has 0 bridgehead atoms. The van der Waals surface area contributed by atoms with Gasteiger partial charge in [-0.25, -0.2) is 4.79 Å². The second-order valence-electron chi connectivity index (χ2n) is 4.78. The van der Waals surface area contributed by atoms with Crippen LogP contribution in [-0.4, -0.2) is 32.2 Å². The molecule has 6 nitrogen and oxygen atoms in total. The maximum atomic E-state index is 12.0. The van der Waals surface area contributed by atoms with Crippen LogP contribution >= 0.6 is 0 Å². The van der Waals surface area contributed by atoms with Gasteiger partial charge in [0.1, 0.15) is 17.1 Å². The first-order valence-electron chi connectivity index (χ1n) is 7.47. The molecule has 0 unspecified atom stereocenters. The number of rotatable bonds is 7. The molecule has 0 fully saturated rings. The smallest absolute Gasteiger partial charge is 0.341 e. The zero-order valence-corrected chi connectivity index (χ0v) is 13.6. The summed E-state index contributed by atoms with van der Waals surface area (Å²) in [5, 5.41) is 2.71. The van der Waals surface area contributed by atoms with Gasteiger partial charge in [-0.3, -0.25) is 4.79 Å². The van der Waals surface area contributed by atoms with Crippen LogP contribution in [0.3, 0.4) is 0 Å². The van der Waals surface area contributed by atoms with Gasteiger partial charge in [0, 0.05) is 5.69 Å². The van der Waals surface area contributed by atoms with Gasteiger partial charge in [0.05, 0.1) is 13.7 Å². The topological polar surface area (TPSA) is 73.9 Å². The quantitative estimate of drug-likeness (QED) is 0.791. The molecule has 6 heteroatoms. The first-order valence-corrected chi connectivity index (χ1v) is 7.47. The van der Waals surface area contributed by atoms with Crippen molar-refractivity contribution < 1.29 is 23.8 Å². The molecule has 0 aliphatic heterocycles. The SMILES string of the molecule is CCOc1ccc(NC(=O)COc2ccccc2C(=O)OC)cc1. The molecule has 0 aliphatic rings. The molecule has 0 saturated heterocycles. The van der Waals surface area contributed by atoms with E-state index in [2.05, 4.69) is 10.1 Å². The van der Waals surface area contributed by atoms with Crippen LogP contribution in [0.1, 0.15) is 17.3 Å². The molecule has 0 saturated carbocycles. The van der Waals surface area contributed by atoms with Crippen molar-refractivity contribution in [1.82, 2.24) is 0 Å². The Bertz CT molecular complexity index is 697. The average molecular weight is 329 g/mol. The van der Waals surface area contributed by atoms with Crippen molar-refractivity contribution in [2.45, 2.75) is 6.92 Å². The Morgan fingerprint density at radius 2 is 1.71 bits per heavy atom. The van der Waals surface area contributed by atoms with Gasteiger partial charge in [0.2, 0.25) is 0 Å². The molecule has 24 heavy (non-hydrogen) atoms. The minimum absolute atomic E-state index is 0.221. The number of esters is 1. The molecule has 0 heterocycles. The lowest BCUT2D eigenvalue weighted by atomic mass is 10.2. The van der Waals surface area contributed by atoms with Crippen molar-refractivity contribution in [2.24, 2.45) is 0 Å². The van der Waals surface area contributed by atoms with Gasteiger partial charge in [-0.1, -0.05) is 12.1 Å². The number of amides is 1. The van der Waals surface area contributed by atoms with Gasteiger partial charge >= 0.3 is 5.97 Å². The van der Waals surface area contributed by atoms with E-state index in [1.165, 1.54) is 7.11 Å². The van der Waals surface area contributed by atoms with Crippen molar-refractivity contribution in [3.63, 3.8) is 0 Å². The number of anilines is 1. The minimum atomic E-state index is -0.516. The van der Waals surface area contributed by atoms with E-state index in [-0.39, 0.29) is 18.1 Å². The van der Waals surface area contributed by atoms with Gasteiger partial charge in [0.15, 0.2) is 6.61 Å². The maximum absolute atomic E-state index is 12.0. The second-order valence-corrected chi connectivity index (χ2v) is 4.78. The third kappa shape index (κ3) is 4.74. The number of ether oxygens (including phenoxy) is 3. The van der Waals surface area contributed by atoms with E-state index in [0.29, 0.717) is 18.0 Å². The van der Waals surface area contributed by atoms with Crippen molar-refractivity contribution in [3.8, 4) is 11.5 Å². The highest BCUT2D eigenvalue weighted by Crippen LogP contribution is 2.19. The van der Waals surface area contributed by atoms with Crippen LogP contribution in [0.5, 0.6) is 11.5 Å². The predicted molar refractivity (Wildman–Crippen MR) is 89.5 cm³/mol. The van der Waals surface area contributed by atoms with Crippen molar-refractivity contribution in [1.29, 1.82) is 0 Å². The summed E-state index contributed by atoms with van der Waals surface area (Å²) in [6, 6.07) is 13.6. The number of para-hydroxylation sites is 1. The Morgan fingerprint density at radius 1 is 1.00 bits per heavy atom. The minimum Gasteiger partial charge on any atom is -0.494 e. The summed E-state index contributed by atoms with van der Waals surface area (Å²) in [6.45, 7) is 2.26. The highest BCUT2D eigenvalue weighted by molar-refractivity contribution is 5.94. The fourth-order valence-corrected chi connectivity index (χ4v) is 2.01. The Balaban J connectivity index is 1.93. The molecule has 1 amide bonds. The van der Waals surface area contributed by atoms with Gasteiger partial charge in [-0.15, -0.1) is 0 Å². The molecule has 0 atom stereocenters. The molecule has 0 spiro atoms. The molecule has 2 aromatic carbocycles. The predicted octanol–water partition coefficient (Wildman–Crippen LogP) is 2.89. The third-order valence-electron chi connectivity index (χ3n) is 3.10. The summed E-state index contributed by atoms with van der Waals surface area (Å²) in [6.07, 6.45) is 0. The fourth-order valence-electron chi connectivity index (χ4n) is 2.01. The number of methoxy groups -OCH3 is 1. The van der Waals surface area contributed by atoms with Gasteiger partial charge in [-0.05, 0) is 43.3 Å². The number of hydrogen-bond donors (Lipinski definition) is 1. The van der Waals surface area contributed by atoms with E-state index in [4.69, 9.17) is 9.47 Å². The van der Waals surface area contributed by atoms with Crippen LogP contribution in [0.4, 0.5) is 5.69 Å². The molecule has 2 rings (SSSR count). The molecule has 2 aromatic rings. The summed E-state index contributed by atoms with van der Waals surface area (Å²) < 4.78 is 15.4. The highest BCUT2D eigenvalue weighted by Gasteiger charge is 2.13. The largest absolute Gasteiger partial charge is 0.494 e. The van der Waals surface area contributed by atoms with Crippen LogP contribution in [-0.2, 0) is 9.53 Å². The van der Waals surface area contributed by atoms with Crippen molar-refractivity contribution in [2.75, 3.05) is 25.6 Å². The zero-order chi connectivity index (χ0) is 17.4. The summed E-state index contributed by atoms with van der Waals surface area (Å²) in [7, 11) is 1.29. The van der Waals surface area contributed by atoms with E-state index >= 15 is 0 Å². The summed E-state index contributed by atoms with van der Waals surface area (Å²) >= 11 is 0. The molecular formula is C18H19NO5. The van der Waals surface area contributed by atoms with Crippen molar-refractivity contribution in [3.05, 3.63) is 54.1 Å². The van der Waals surface area contributed by atoms with Gasteiger partial charge in [0.25, 0.3) is 5.91 Å². The van der Waals surface area contributed by atoms with E-state index in [1.54, 1.807) is 48.5 Å². The first-order chi connectivity index (χ1) is 11.6. The Hall–Kier alpha value is -3.02. The molecule has 1 N–H and O–H groups in total. The molecule has 126 valence electrons. The van der Waals surface area contributed by atoms with Crippen LogP contribution < -0.4 is 14.8 Å². The average Bonchev–Trinajstić information content (AvgIpc) is 2.61. The number of benzene rings is 2. The van der Waals surface area contributed by atoms with E-state index in [1.807, 2.05) is 6.92 Å². The Morgan fingerprint density at radius 3 is 2.38 bits per heavy atom. The lowest BCUT2D eigenvalue weighted by Crippen LogP contribution is -2.21. The fraction of sp³-hybridized carbons (Fsp3) is 0.222. The summed E-state index contributed by atoms with van der Waals surface area (Å²) in [4.78, 5) is 23.6. The molecule has 0 radical (unpaired) electrons. The Labute approximate surface area is 140 Å². The lowest BCUT2D eigenvalue weighted by Gasteiger charge is -2.10. The van der Waals surface area contributed by atoms with Gasteiger partial charge in [-0.2, -0.15) is 0 Å². The number of nitrogens with one attached hydrogen (secondary N) is 1. The second kappa shape index (κ2) is 8.57. The lowest BCUT2D eigenvalue weighted by molar-refractivity contribution is -0.118. The first kappa shape index (κ1) is 17.3. The van der Waals surface area contributed by atoms with Crippen LogP contribution in [0.2, 0.25) is 0 Å². The van der Waals surface area contributed by atoms with Crippen LogP contribution in [0.15, 0.2) is 48.5 Å². The number of carbonyl (C=O) groups is 2. The summed E-state index contributed by atoms with van der Waals surface area (Å²) in [5.74, 6) is 0.182. The highest BCUT2D eigenvalue weighted by atomic mass is 16.5. The van der Waals surface area contributed by atoms with Crippen LogP contribution in [0, 0.1) is 0 Å². The zero-order valence-electron chi connectivity index (χ0n) is 13.6. The third-order valence-corrected chi connectivity index (χ3v) is 3.10. The van der Waals surface area contributed by atoms with Crippen LogP contribution in [0.25, 0.3) is 0 Å². The molecule has 0 aromatic heterocycles. The standard InChI is InChI=1S/C18H19NO5/c1-3-23-14-10-8-13(9-11-14)19-17(20)12-24-16-7-5-4-6-15(16)18(21)22-2/h4-11H,3,12H2,1-2H3,(H,19,20). The molecular weight excluding hydrogens is 310 g/mol. The van der Waals surface area contributed by atoms with Crippen molar-refractivity contribution >= 4 is 17.6 Å². The Kier molecular flexibility index (Phi) is 6.19. The number of carbonyl (C=O) groups excluding carboxylic acids is 2. The van der Waals surface area contributed by atoms with E-state index in [9.17, 15) is 9.59 Å². The normalized spacial score (nSPS) is 9.92. The maximum Gasteiger partial charge on any atom is 0.341 e. The van der Waals surface area contributed by atoms with E-state index in [0.717, 1.165) is 5.75 Å². The van der Waals surface area contributed by atoms with E-state index < -0.39 is 5.97 Å². The summed E-state index contributed by atoms with van der Waals surface area (Å²) in [5.41, 5.74) is 0.905. The van der Waals surface area contributed by atoms with Gasteiger partial charge < -0.3 is 19.5 Å². The monoisotopic (exact) mass is 329 g/mol.